The first-order valence-electron chi connectivity index (χ1n) is 5.33. The van der Waals surface area contributed by atoms with Crippen LogP contribution in [0.25, 0.3) is 0 Å². The number of amides is 1. The number of hydrogen-bond acceptors (Lipinski definition) is 2. The fourth-order valence-electron chi connectivity index (χ4n) is 1.33. The number of alkyl halides is 6. The molecule has 1 atom stereocenters. The molecule has 1 amide bonds. The Morgan fingerprint density at radius 1 is 1.19 bits per heavy atom. The van der Waals surface area contributed by atoms with E-state index in [9.17, 15) is 35.5 Å². The lowest BCUT2D eigenvalue weighted by Crippen LogP contribution is -2.41. The second kappa shape index (κ2) is 5.88. The van der Waals surface area contributed by atoms with E-state index in [1.54, 1.807) is 0 Å². The third kappa shape index (κ3) is 4.31. The number of carbonyl (C=O) groups excluding carboxylic acids is 1. The van der Waals surface area contributed by atoms with Crippen LogP contribution in [0.2, 0.25) is 0 Å². The van der Waals surface area contributed by atoms with Gasteiger partial charge in [-0.1, -0.05) is 6.07 Å². The van der Waals surface area contributed by atoms with Crippen molar-refractivity contribution in [3.8, 4) is 0 Å². The zero-order chi connectivity index (χ0) is 16.4. The summed E-state index contributed by atoms with van der Waals surface area (Å²) in [6.07, 6.45) is -13.0. The molecule has 0 aliphatic rings. The smallest absolute Gasteiger partial charge is 0.382 e. The van der Waals surface area contributed by atoms with Crippen molar-refractivity contribution in [1.29, 1.82) is 0 Å². The molecule has 1 aromatic carbocycles. The minimum atomic E-state index is -5.05. The molecule has 0 spiro atoms. The first kappa shape index (κ1) is 17.2. The molecule has 3 nitrogen and oxygen atoms in total. The van der Waals surface area contributed by atoms with E-state index in [0.717, 1.165) is 6.07 Å². The van der Waals surface area contributed by atoms with Crippen molar-refractivity contribution in [2.45, 2.75) is 18.5 Å². The molecule has 0 aliphatic carbocycles. The van der Waals surface area contributed by atoms with Gasteiger partial charge in [0.25, 0.3) is 5.91 Å². The predicted octanol–water partition coefficient (Wildman–Crippen LogP) is 2.50. The molecule has 1 rings (SSSR count). The molecule has 0 aromatic heterocycles. The largest absolute Gasteiger partial charge is 0.419 e. The summed E-state index contributed by atoms with van der Waals surface area (Å²) in [7, 11) is 0. The number of aliphatic hydroxyl groups is 1. The van der Waals surface area contributed by atoms with Crippen LogP contribution >= 0.6 is 0 Å². The SMILES string of the molecule is O=C(NCC(O)C(F)(F)F)c1cccc(C(F)(F)F)c1F. The summed E-state index contributed by atoms with van der Waals surface area (Å²) in [5.41, 5.74) is -2.79. The minimum absolute atomic E-state index is 0.386. The summed E-state index contributed by atoms with van der Waals surface area (Å²) in [6.45, 7) is -1.31. The van der Waals surface area contributed by atoms with Gasteiger partial charge in [-0.25, -0.2) is 4.39 Å². The topological polar surface area (TPSA) is 49.3 Å². The standard InChI is InChI=1S/C11H8F7NO2/c12-8-5(2-1-3-6(8)10(13,14)15)9(21)19-4-7(20)11(16,17)18/h1-3,7,20H,4H2,(H,19,21). The Morgan fingerprint density at radius 2 is 1.76 bits per heavy atom. The quantitative estimate of drug-likeness (QED) is 0.841. The maximum absolute atomic E-state index is 13.5. The number of halogens is 7. The Kier molecular flexibility index (Phi) is 4.82. The molecule has 0 saturated carbocycles. The number of nitrogens with one attached hydrogen (secondary N) is 1. The summed E-state index contributed by atoms with van der Waals surface area (Å²) in [4.78, 5) is 11.4. The normalized spacial score (nSPS) is 13.9. The second-order valence-corrected chi connectivity index (χ2v) is 3.93. The summed E-state index contributed by atoms with van der Waals surface area (Å²) >= 11 is 0. The molecular formula is C11H8F7NO2. The lowest BCUT2D eigenvalue weighted by molar-refractivity contribution is -0.201. The van der Waals surface area contributed by atoms with Crippen molar-refractivity contribution in [3.05, 3.63) is 35.1 Å². The molecular weight excluding hydrogens is 311 g/mol. The van der Waals surface area contributed by atoms with E-state index in [1.165, 1.54) is 5.32 Å². The molecule has 10 heteroatoms. The summed E-state index contributed by atoms with van der Waals surface area (Å²) in [5, 5.41) is 10.1. The molecule has 0 aliphatic heterocycles. The second-order valence-electron chi connectivity index (χ2n) is 3.93. The lowest BCUT2D eigenvalue weighted by atomic mass is 10.1. The van der Waals surface area contributed by atoms with Crippen molar-refractivity contribution in [1.82, 2.24) is 5.32 Å². The Morgan fingerprint density at radius 3 is 2.24 bits per heavy atom. The highest BCUT2D eigenvalue weighted by atomic mass is 19.4. The summed E-state index contributed by atoms with van der Waals surface area (Å²) < 4.78 is 86.7. The van der Waals surface area contributed by atoms with Crippen LogP contribution in [0.4, 0.5) is 30.7 Å². The van der Waals surface area contributed by atoms with Gasteiger partial charge in [-0.05, 0) is 12.1 Å². The maximum atomic E-state index is 13.5. The molecule has 0 radical (unpaired) electrons. The maximum Gasteiger partial charge on any atom is 0.419 e. The van der Waals surface area contributed by atoms with E-state index in [4.69, 9.17) is 5.11 Å². The Balaban J connectivity index is 2.90. The molecule has 2 N–H and O–H groups in total. The average Bonchev–Trinajstić information content (AvgIpc) is 2.33. The van der Waals surface area contributed by atoms with Gasteiger partial charge in [0.05, 0.1) is 17.7 Å². The third-order valence-corrected chi connectivity index (χ3v) is 2.38. The highest BCUT2D eigenvalue weighted by Gasteiger charge is 2.39. The fourth-order valence-corrected chi connectivity index (χ4v) is 1.33. The van der Waals surface area contributed by atoms with Crippen LogP contribution in [-0.2, 0) is 6.18 Å². The zero-order valence-electron chi connectivity index (χ0n) is 10.0. The van der Waals surface area contributed by atoms with Gasteiger partial charge < -0.3 is 10.4 Å². The van der Waals surface area contributed by atoms with Gasteiger partial charge in [0, 0.05) is 0 Å². The molecule has 1 aromatic rings. The van der Waals surface area contributed by atoms with Crippen LogP contribution in [0.15, 0.2) is 18.2 Å². The molecule has 118 valence electrons. The van der Waals surface area contributed by atoms with Crippen molar-refractivity contribution >= 4 is 5.91 Å². The third-order valence-electron chi connectivity index (χ3n) is 2.38. The molecule has 21 heavy (non-hydrogen) atoms. The van der Waals surface area contributed by atoms with Crippen LogP contribution in [0.1, 0.15) is 15.9 Å². The highest BCUT2D eigenvalue weighted by molar-refractivity contribution is 5.94. The van der Waals surface area contributed by atoms with Crippen LogP contribution in [0.3, 0.4) is 0 Å². The van der Waals surface area contributed by atoms with E-state index in [1.807, 2.05) is 0 Å². The van der Waals surface area contributed by atoms with Crippen LogP contribution < -0.4 is 5.32 Å². The monoisotopic (exact) mass is 319 g/mol. The van der Waals surface area contributed by atoms with Gasteiger partial charge in [0.2, 0.25) is 0 Å². The number of rotatable bonds is 3. The Labute approximate surface area is 113 Å². The van der Waals surface area contributed by atoms with Gasteiger partial charge in [0.15, 0.2) is 6.10 Å². The van der Waals surface area contributed by atoms with Gasteiger partial charge in [-0.3, -0.25) is 4.79 Å². The first-order chi connectivity index (χ1) is 9.44. The Hall–Kier alpha value is -1.84. The van der Waals surface area contributed by atoms with E-state index < -0.39 is 47.9 Å². The molecule has 0 saturated heterocycles. The zero-order valence-corrected chi connectivity index (χ0v) is 10.0. The van der Waals surface area contributed by atoms with E-state index >= 15 is 0 Å². The van der Waals surface area contributed by atoms with Crippen LogP contribution in [0, 0.1) is 5.82 Å². The van der Waals surface area contributed by atoms with Crippen molar-refractivity contribution < 1.29 is 40.6 Å². The number of carbonyl (C=O) groups is 1. The lowest BCUT2D eigenvalue weighted by Gasteiger charge is -2.15. The Bertz CT molecular complexity index is 524. The van der Waals surface area contributed by atoms with Crippen molar-refractivity contribution in [2.24, 2.45) is 0 Å². The van der Waals surface area contributed by atoms with Crippen LogP contribution in [-0.4, -0.2) is 29.8 Å². The van der Waals surface area contributed by atoms with Gasteiger partial charge in [-0.15, -0.1) is 0 Å². The average molecular weight is 319 g/mol. The van der Waals surface area contributed by atoms with E-state index in [-0.39, 0.29) is 0 Å². The van der Waals surface area contributed by atoms with Gasteiger partial charge in [-0.2, -0.15) is 26.3 Å². The summed E-state index contributed by atoms with van der Waals surface area (Å²) in [6, 6.07) is 1.80. The first-order valence-corrected chi connectivity index (χ1v) is 5.33. The molecule has 1 unspecified atom stereocenters. The minimum Gasteiger partial charge on any atom is -0.382 e. The van der Waals surface area contributed by atoms with Crippen molar-refractivity contribution in [2.75, 3.05) is 6.54 Å². The predicted molar refractivity (Wildman–Crippen MR) is 55.8 cm³/mol. The van der Waals surface area contributed by atoms with E-state index in [0.29, 0.717) is 12.1 Å². The highest BCUT2D eigenvalue weighted by Crippen LogP contribution is 2.32. The summed E-state index contributed by atoms with van der Waals surface area (Å²) in [5.74, 6) is -3.40. The van der Waals surface area contributed by atoms with Gasteiger partial charge in [0.1, 0.15) is 5.82 Å². The van der Waals surface area contributed by atoms with E-state index in [2.05, 4.69) is 0 Å². The number of benzene rings is 1. The van der Waals surface area contributed by atoms with Gasteiger partial charge >= 0.3 is 12.4 Å². The molecule has 0 bridgehead atoms. The molecule has 0 fully saturated rings. The number of aliphatic hydroxyl groups excluding tert-OH is 1. The number of hydrogen-bond donors (Lipinski definition) is 2. The van der Waals surface area contributed by atoms with Crippen LogP contribution in [0.5, 0.6) is 0 Å². The van der Waals surface area contributed by atoms with Crippen molar-refractivity contribution in [3.63, 3.8) is 0 Å². The molecule has 0 heterocycles. The fraction of sp³-hybridized carbons (Fsp3) is 0.364.